The van der Waals surface area contributed by atoms with Gasteiger partial charge in [-0.3, -0.25) is 0 Å². The van der Waals surface area contributed by atoms with Crippen LogP contribution in [0, 0.1) is 0 Å². The molecule has 106 valence electrons. The van der Waals surface area contributed by atoms with Crippen molar-refractivity contribution in [3.63, 3.8) is 0 Å². The van der Waals surface area contributed by atoms with Gasteiger partial charge in [0.1, 0.15) is 19.0 Å². The van der Waals surface area contributed by atoms with E-state index < -0.39 is 0 Å². The van der Waals surface area contributed by atoms with Gasteiger partial charge in [0.2, 0.25) is 0 Å². The van der Waals surface area contributed by atoms with Crippen LogP contribution in [0.3, 0.4) is 0 Å². The zero-order valence-electron chi connectivity index (χ0n) is 11.0. The molecule has 0 saturated carbocycles. The highest BCUT2D eigenvalue weighted by atomic mass is 79.9. The van der Waals surface area contributed by atoms with Crippen molar-refractivity contribution in [1.82, 2.24) is 0 Å². The Hall–Kier alpha value is -1.13. The van der Waals surface area contributed by atoms with E-state index in [4.69, 9.17) is 25.5 Å². The van der Waals surface area contributed by atoms with Crippen molar-refractivity contribution in [2.75, 3.05) is 13.2 Å². The third kappa shape index (κ3) is 2.42. The van der Waals surface area contributed by atoms with E-state index in [1.165, 1.54) is 0 Å². The Morgan fingerprint density at radius 1 is 1.20 bits per heavy atom. The second kappa shape index (κ2) is 5.70. The highest BCUT2D eigenvalue weighted by Crippen LogP contribution is 2.42. The molecule has 0 N–H and O–H groups in total. The minimum Gasteiger partial charge on any atom is -0.486 e. The van der Waals surface area contributed by atoms with E-state index in [0.29, 0.717) is 13.2 Å². The van der Waals surface area contributed by atoms with Crippen LogP contribution in [0.25, 0.3) is 0 Å². The molecular formula is C15H14BrClO3. The molecule has 3 rings (SSSR count). The monoisotopic (exact) mass is 356 g/mol. The van der Waals surface area contributed by atoms with Gasteiger partial charge in [0, 0.05) is 16.5 Å². The van der Waals surface area contributed by atoms with Crippen LogP contribution < -0.4 is 9.47 Å². The lowest BCUT2D eigenvalue weighted by molar-refractivity contribution is 0.171. The van der Waals surface area contributed by atoms with E-state index in [0.717, 1.165) is 39.3 Å². The Labute approximate surface area is 130 Å². The molecule has 3 nitrogen and oxygen atoms in total. The van der Waals surface area contributed by atoms with Crippen molar-refractivity contribution < 1.29 is 13.9 Å². The maximum absolute atomic E-state index is 6.62. The van der Waals surface area contributed by atoms with Gasteiger partial charge in [-0.05, 0) is 23.8 Å². The summed E-state index contributed by atoms with van der Waals surface area (Å²) in [5.41, 5.74) is 1.94. The summed E-state index contributed by atoms with van der Waals surface area (Å²) >= 11 is 10.2. The Morgan fingerprint density at radius 2 is 1.90 bits per heavy atom. The van der Waals surface area contributed by atoms with Crippen molar-refractivity contribution in [1.29, 1.82) is 0 Å². The van der Waals surface area contributed by atoms with Gasteiger partial charge < -0.3 is 13.9 Å². The molecule has 5 heteroatoms. The van der Waals surface area contributed by atoms with E-state index in [2.05, 4.69) is 15.9 Å². The van der Waals surface area contributed by atoms with Gasteiger partial charge >= 0.3 is 0 Å². The fourth-order valence-electron chi connectivity index (χ4n) is 2.31. The largest absolute Gasteiger partial charge is 0.486 e. The standard InChI is InChI=1S/C15H14BrClO3/c1-2-12-9(3-4-18-12)15(17)10-7-13-14(8-11(10)16)20-6-5-19-13/h3-4,7-8,15H,2,5-6H2,1H3. The SMILES string of the molecule is CCc1occc1C(Cl)c1cc2c(cc1Br)OCCO2. The van der Waals surface area contributed by atoms with Crippen LogP contribution in [-0.4, -0.2) is 13.2 Å². The lowest BCUT2D eigenvalue weighted by atomic mass is 10.0. The summed E-state index contributed by atoms with van der Waals surface area (Å²) in [6, 6.07) is 5.76. The first-order valence-corrected chi connectivity index (χ1v) is 7.73. The predicted molar refractivity (Wildman–Crippen MR) is 80.9 cm³/mol. The Bertz CT molecular complexity index is 624. The number of hydrogen-bond acceptors (Lipinski definition) is 3. The number of rotatable bonds is 3. The molecule has 2 aromatic rings. The third-order valence-electron chi connectivity index (χ3n) is 3.31. The number of fused-ring (bicyclic) bond motifs is 1. The van der Waals surface area contributed by atoms with Crippen molar-refractivity contribution in [2.24, 2.45) is 0 Å². The van der Waals surface area contributed by atoms with E-state index in [9.17, 15) is 0 Å². The summed E-state index contributed by atoms with van der Waals surface area (Å²) in [6.07, 6.45) is 2.49. The molecule has 0 amide bonds. The summed E-state index contributed by atoms with van der Waals surface area (Å²) < 4.78 is 17.5. The van der Waals surface area contributed by atoms with Crippen molar-refractivity contribution >= 4 is 27.5 Å². The molecule has 1 aromatic carbocycles. The molecule has 0 aliphatic carbocycles. The third-order valence-corrected chi connectivity index (χ3v) is 4.47. The zero-order valence-corrected chi connectivity index (χ0v) is 13.3. The maximum atomic E-state index is 6.62. The van der Waals surface area contributed by atoms with Gasteiger partial charge in [-0.15, -0.1) is 11.6 Å². The summed E-state index contributed by atoms with van der Waals surface area (Å²) in [5.74, 6) is 2.40. The van der Waals surface area contributed by atoms with E-state index in [1.807, 2.05) is 25.1 Å². The van der Waals surface area contributed by atoms with E-state index in [1.54, 1.807) is 6.26 Å². The number of halogens is 2. The molecule has 1 aliphatic heterocycles. The number of ether oxygens (including phenoxy) is 2. The van der Waals surface area contributed by atoms with Gasteiger partial charge in [-0.25, -0.2) is 0 Å². The number of aryl methyl sites for hydroxylation is 1. The molecule has 1 unspecified atom stereocenters. The maximum Gasteiger partial charge on any atom is 0.162 e. The lowest BCUT2D eigenvalue weighted by Gasteiger charge is -2.21. The highest BCUT2D eigenvalue weighted by Gasteiger charge is 2.22. The van der Waals surface area contributed by atoms with Gasteiger partial charge in [0.15, 0.2) is 11.5 Å². The van der Waals surface area contributed by atoms with Crippen LogP contribution >= 0.6 is 27.5 Å². The van der Waals surface area contributed by atoms with Crippen LogP contribution in [0.4, 0.5) is 0 Å². The van der Waals surface area contributed by atoms with Gasteiger partial charge in [-0.2, -0.15) is 0 Å². The van der Waals surface area contributed by atoms with Gasteiger partial charge in [0.05, 0.1) is 11.6 Å². The first-order chi connectivity index (χ1) is 9.70. The van der Waals surface area contributed by atoms with Gasteiger partial charge in [-0.1, -0.05) is 22.9 Å². The molecule has 1 atom stereocenters. The second-order valence-corrected chi connectivity index (χ2v) is 5.82. The van der Waals surface area contributed by atoms with Gasteiger partial charge in [0.25, 0.3) is 0 Å². The number of benzene rings is 1. The number of hydrogen-bond donors (Lipinski definition) is 0. The molecular weight excluding hydrogens is 344 g/mol. The summed E-state index contributed by atoms with van der Waals surface area (Å²) in [6.45, 7) is 3.18. The molecule has 0 radical (unpaired) electrons. The fourth-order valence-corrected chi connectivity index (χ4v) is 3.36. The zero-order chi connectivity index (χ0) is 14.1. The molecule has 0 spiro atoms. The number of furan rings is 1. The minimum absolute atomic E-state index is 0.283. The average Bonchev–Trinajstić information content (AvgIpc) is 2.94. The smallest absolute Gasteiger partial charge is 0.162 e. The van der Waals surface area contributed by atoms with Crippen molar-refractivity contribution in [2.45, 2.75) is 18.7 Å². The fraction of sp³-hybridized carbons (Fsp3) is 0.333. The molecule has 2 heterocycles. The summed E-state index contributed by atoms with van der Waals surface area (Å²) in [7, 11) is 0. The first-order valence-electron chi connectivity index (χ1n) is 6.50. The molecule has 0 bridgehead atoms. The van der Waals surface area contributed by atoms with Crippen LogP contribution in [-0.2, 0) is 6.42 Å². The predicted octanol–water partition coefficient (Wildman–Crippen LogP) is 4.70. The highest BCUT2D eigenvalue weighted by molar-refractivity contribution is 9.10. The van der Waals surface area contributed by atoms with Crippen LogP contribution in [0.5, 0.6) is 11.5 Å². The van der Waals surface area contributed by atoms with E-state index in [-0.39, 0.29) is 5.38 Å². The molecule has 1 aromatic heterocycles. The van der Waals surface area contributed by atoms with E-state index >= 15 is 0 Å². The molecule has 20 heavy (non-hydrogen) atoms. The average molecular weight is 358 g/mol. The molecule has 0 saturated heterocycles. The minimum atomic E-state index is -0.283. The van der Waals surface area contributed by atoms with Crippen molar-refractivity contribution in [3.8, 4) is 11.5 Å². The quantitative estimate of drug-likeness (QED) is 0.746. The van der Waals surface area contributed by atoms with Crippen LogP contribution in [0.15, 0.2) is 33.4 Å². The topological polar surface area (TPSA) is 31.6 Å². The first kappa shape index (κ1) is 13.8. The Kier molecular flexibility index (Phi) is 3.94. The normalized spacial score (nSPS) is 15.2. The van der Waals surface area contributed by atoms with Crippen LogP contribution in [0.1, 0.15) is 29.2 Å². The Morgan fingerprint density at radius 3 is 2.60 bits per heavy atom. The Balaban J connectivity index is 2.01. The molecule has 0 fully saturated rings. The summed E-state index contributed by atoms with van der Waals surface area (Å²) in [5, 5.41) is -0.283. The van der Waals surface area contributed by atoms with Crippen molar-refractivity contribution in [3.05, 3.63) is 45.8 Å². The van der Waals surface area contributed by atoms with Crippen LogP contribution in [0.2, 0.25) is 0 Å². The molecule has 1 aliphatic rings. The second-order valence-electron chi connectivity index (χ2n) is 4.53. The summed E-state index contributed by atoms with van der Waals surface area (Å²) in [4.78, 5) is 0. The number of alkyl halides is 1. The lowest BCUT2D eigenvalue weighted by Crippen LogP contribution is -2.15.